The number of nitrogens with zero attached hydrogens (tertiary/aromatic N) is 2. The zero-order valence-corrected chi connectivity index (χ0v) is 16.2. The molecule has 2 aliphatic rings. The van der Waals surface area contributed by atoms with Crippen molar-refractivity contribution in [2.45, 2.75) is 25.0 Å². The number of halogens is 1. The number of hydrogen-bond donors (Lipinski definition) is 0. The monoisotopic (exact) mass is 372 g/mol. The first-order chi connectivity index (χ1) is 12.3. The summed E-state index contributed by atoms with van der Waals surface area (Å²) in [5.74, 6) is 1.90. The number of fused-ring (bicyclic) bond motifs is 2. The van der Waals surface area contributed by atoms with E-state index in [1.807, 2.05) is 37.5 Å². The van der Waals surface area contributed by atoms with Gasteiger partial charge in [0.15, 0.2) is 11.5 Å². The van der Waals surface area contributed by atoms with Crippen LogP contribution in [0.1, 0.15) is 19.4 Å². The highest BCUT2D eigenvalue weighted by Crippen LogP contribution is 2.55. The van der Waals surface area contributed by atoms with Crippen molar-refractivity contribution >= 4 is 29.2 Å². The standard InChI is InChI=1S/C20H21ClN2O3/c1-19(2)14-8-12(21)6-7-15(14)23(3)20(19)11-22-18-16(25-5)9-13(24-4)10-17(18)26-20/h6-11H,1-5H3. The van der Waals surface area contributed by atoms with Gasteiger partial charge in [-0.05, 0) is 37.6 Å². The Morgan fingerprint density at radius 2 is 1.88 bits per heavy atom. The maximum absolute atomic E-state index is 6.59. The van der Waals surface area contributed by atoms with Gasteiger partial charge in [0.05, 0.1) is 25.8 Å². The van der Waals surface area contributed by atoms with Gasteiger partial charge in [-0.1, -0.05) is 11.6 Å². The second kappa shape index (κ2) is 5.55. The molecule has 1 unspecified atom stereocenters. The third kappa shape index (κ3) is 2.07. The van der Waals surface area contributed by atoms with E-state index in [-0.39, 0.29) is 5.41 Å². The van der Waals surface area contributed by atoms with E-state index in [1.165, 1.54) is 0 Å². The molecule has 1 spiro atoms. The van der Waals surface area contributed by atoms with Crippen LogP contribution in [0, 0.1) is 0 Å². The summed E-state index contributed by atoms with van der Waals surface area (Å²) in [5, 5.41) is 0.707. The molecular weight excluding hydrogens is 352 g/mol. The molecule has 5 nitrogen and oxygen atoms in total. The molecule has 2 aromatic rings. The molecule has 0 amide bonds. The summed E-state index contributed by atoms with van der Waals surface area (Å²) in [6.07, 6.45) is 1.86. The number of benzene rings is 2. The third-order valence-electron chi connectivity index (χ3n) is 5.49. The summed E-state index contributed by atoms with van der Waals surface area (Å²) in [6, 6.07) is 9.56. The van der Waals surface area contributed by atoms with Gasteiger partial charge in [-0.25, -0.2) is 4.99 Å². The van der Waals surface area contributed by atoms with Gasteiger partial charge in [0.1, 0.15) is 11.4 Å². The normalized spacial score (nSPS) is 22.0. The van der Waals surface area contributed by atoms with Crippen LogP contribution in [0.5, 0.6) is 17.2 Å². The predicted octanol–water partition coefficient (Wildman–Crippen LogP) is 4.58. The Bertz CT molecular complexity index is 926. The summed E-state index contributed by atoms with van der Waals surface area (Å²) >= 11 is 6.26. The van der Waals surface area contributed by atoms with Crippen molar-refractivity contribution in [3.8, 4) is 17.2 Å². The first kappa shape index (κ1) is 17.0. The maximum atomic E-state index is 6.59. The molecule has 2 aromatic carbocycles. The molecule has 6 heteroatoms. The van der Waals surface area contributed by atoms with Crippen LogP contribution in [-0.4, -0.2) is 33.2 Å². The molecule has 0 saturated heterocycles. The number of likely N-dealkylation sites (N-methyl/N-ethyl adjacent to an activating group) is 1. The van der Waals surface area contributed by atoms with E-state index in [1.54, 1.807) is 20.3 Å². The van der Waals surface area contributed by atoms with Gasteiger partial charge in [-0.2, -0.15) is 0 Å². The van der Waals surface area contributed by atoms with Crippen molar-refractivity contribution < 1.29 is 14.2 Å². The van der Waals surface area contributed by atoms with E-state index >= 15 is 0 Å². The second-order valence-corrected chi connectivity index (χ2v) is 7.52. The Morgan fingerprint density at radius 1 is 1.12 bits per heavy atom. The predicted molar refractivity (Wildman–Crippen MR) is 104 cm³/mol. The smallest absolute Gasteiger partial charge is 0.228 e. The van der Waals surface area contributed by atoms with Gasteiger partial charge in [0.25, 0.3) is 0 Å². The SMILES string of the molecule is COc1cc(OC)c2c(c1)OC1(C=N2)N(C)c2ccc(Cl)cc2C1(C)C. The minimum Gasteiger partial charge on any atom is -0.496 e. The van der Waals surface area contributed by atoms with Gasteiger partial charge in [0.2, 0.25) is 5.72 Å². The molecule has 2 aliphatic heterocycles. The number of anilines is 1. The Morgan fingerprint density at radius 3 is 2.58 bits per heavy atom. The summed E-state index contributed by atoms with van der Waals surface area (Å²) in [7, 11) is 5.24. The Labute approximate surface area is 158 Å². The maximum Gasteiger partial charge on any atom is 0.228 e. The van der Waals surface area contributed by atoms with Crippen molar-refractivity contribution in [2.24, 2.45) is 4.99 Å². The molecule has 136 valence electrons. The molecule has 26 heavy (non-hydrogen) atoms. The van der Waals surface area contributed by atoms with Gasteiger partial charge >= 0.3 is 0 Å². The van der Waals surface area contributed by atoms with Gasteiger partial charge < -0.3 is 19.1 Å². The lowest BCUT2D eigenvalue weighted by Gasteiger charge is -2.44. The van der Waals surface area contributed by atoms with E-state index in [2.05, 4.69) is 18.7 Å². The largest absolute Gasteiger partial charge is 0.496 e. The average Bonchev–Trinajstić information content (AvgIpc) is 2.79. The fourth-order valence-corrected chi connectivity index (χ4v) is 4.09. The Balaban J connectivity index is 1.89. The van der Waals surface area contributed by atoms with Crippen molar-refractivity contribution in [1.82, 2.24) is 0 Å². The Kier molecular flexibility index (Phi) is 3.63. The number of rotatable bonds is 2. The van der Waals surface area contributed by atoms with Crippen LogP contribution >= 0.6 is 11.6 Å². The second-order valence-electron chi connectivity index (χ2n) is 7.08. The summed E-state index contributed by atoms with van der Waals surface area (Å²) < 4.78 is 17.4. The minimum atomic E-state index is -0.773. The molecule has 0 radical (unpaired) electrons. The molecule has 2 heterocycles. The minimum absolute atomic E-state index is 0.376. The van der Waals surface area contributed by atoms with Crippen LogP contribution in [0.25, 0.3) is 0 Å². The van der Waals surface area contributed by atoms with Crippen LogP contribution in [0.4, 0.5) is 11.4 Å². The van der Waals surface area contributed by atoms with Crippen molar-refractivity contribution in [3.05, 3.63) is 40.9 Å². The lowest BCUT2D eigenvalue weighted by Crippen LogP contribution is -2.61. The summed E-state index contributed by atoms with van der Waals surface area (Å²) in [5.41, 5.74) is 1.71. The number of methoxy groups -OCH3 is 2. The molecule has 0 N–H and O–H groups in total. The van der Waals surface area contributed by atoms with Crippen LogP contribution in [0.15, 0.2) is 35.3 Å². The zero-order valence-electron chi connectivity index (χ0n) is 15.5. The highest BCUT2D eigenvalue weighted by Gasteiger charge is 2.58. The lowest BCUT2D eigenvalue weighted by atomic mass is 9.77. The van der Waals surface area contributed by atoms with Crippen LogP contribution in [0.3, 0.4) is 0 Å². The highest BCUT2D eigenvalue weighted by molar-refractivity contribution is 6.30. The molecule has 4 rings (SSSR count). The van der Waals surface area contributed by atoms with Crippen molar-refractivity contribution in [2.75, 3.05) is 26.2 Å². The quantitative estimate of drug-likeness (QED) is 0.774. The molecule has 0 saturated carbocycles. The first-order valence-corrected chi connectivity index (χ1v) is 8.76. The molecular formula is C20H21ClN2O3. The number of ether oxygens (including phenoxy) is 3. The van der Waals surface area contributed by atoms with E-state index in [0.29, 0.717) is 28.0 Å². The molecule has 0 bridgehead atoms. The lowest BCUT2D eigenvalue weighted by molar-refractivity contribution is 0.0818. The molecule has 0 fully saturated rings. The third-order valence-corrected chi connectivity index (χ3v) is 5.73. The number of aliphatic imine (C=N–C) groups is 1. The van der Waals surface area contributed by atoms with E-state index in [4.69, 9.17) is 30.8 Å². The Hall–Kier alpha value is -2.40. The topological polar surface area (TPSA) is 43.3 Å². The molecule has 0 aliphatic carbocycles. The fraction of sp³-hybridized carbons (Fsp3) is 0.350. The fourth-order valence-electron chi connectivity index (χ4n) is 3.92. The summed E-state index contributed by atoms with van der Waals surface area (Å²) in [6.45, 7) is 4.28. The highest BCUT2D eigenvalue weighted by atomic mass is 35.5. The van der Waals surface area contributed by atoms with Crippen LogP contribution in [-0.2, 0) is 5.41 Å². The average molecular weight is 373 g/mol. The van der Waals surface area contributed by atoms with Crippen molar-refractivity contribution in [1.29, 1.82) is 0 Å². The number of hydrogen-bond acceptors (Lipinski definition) is 5. The van der Waals surface area contributed by atoms with Gasteiger partial charge in [-0.15, -0.1) is 0 Å². The van der Waals surface area contributed by atoms with Gasteiger partial charge in [0, 0.05) is 29.9 Å². The molecule has 1 atom stereocenters. The van der Waals surface area contributed by atoms with E-state index < -0.39 is 5.72 Å². The van der Waals surface area contributed by atoms with Crippen molar-refractivity contribution in [3.63, 3.8) is 0 Å². The van der Waals surface area contributed by atoms with Gasteiger partial charge in [-0.3, -0.25) is 0 Å². The van der Waals surface area contributed by atoms with Crippen LogP contribution < -0.4 is 19.1 Å². The molecule has 0 aromatic heterocycles. The summed E-state index contributed by atoms with van der Waals surface area (Å²) in [4.78, 5) is 6.83. The van der Waals surface area contributed by atoms with Crippen LogP contribution in [0.2, 0.25) is 5.02 Å². The first-order valence-electron chi connectivity index (χ1n) is 8.38. The van der Waals surface area contributed by atoms with E-state index in [0.717, 1.165) is 11.3 Å². The van der Waals surface area contributed by atoms with E-state index in [9.17, 15) is 0 Å². The zero-order chi connectivity index (χ0) is 18.7.